The fraction of sp³-hybridized carbons (Fsp3) is 0.286. The maximum Gasteiger partial charge on any atom is -0.0166 e. The second kappa shape index (κ2) is 8.31. The second-order valence-electron chi connectivity index (χ2n) is 3.17. The monoisotopic (exact) mass is 185 g/mol. The van der Waals surface area contributed by atoms with E-state index in [9.17, 15) is 0 Å². The fourth-order valence-electron chi connectivity index (χ4n) is 1.17. The van der Waals surface area contributed by atoms with Gasteiger partial charge in [-0.05, 0) is 31.8 Å². The molecule has 0 heteroatoms. The Morgan fingerprint density at radius 3 is 2.64 bits per heavy atom. The fourth-order valence-corrected chi connectivity index (χ4v) is 1.17. The highest BCUT2D eigenvalue weighted by atomic mass is 13.9. The molecule has 0 bridgehead atoms. The van der Waals surface area contributed by atoms with E-state index in [-0.39, 0.29) is 0 Å². The van der Waals surface area contributed by atoms with Gasteiger partial charge in [0.15, 0.2) is 0 Å². The Kier molecular flexibility index (Phi) is 6.39. The lowest BCUT2D eigenvalue weighted by molar-refractivity contribution is 0.853. The Labute approximate surface area is 87.0 Å². The summed E-state index contributed by atoms with van der Waals surface area (Å²) in [5, 5.41) is 0. The zero-order valence-electron chi connectivity index (χ0n) is 8.52. The van der Waals surface area contributed by atoms with E-state index in [4.69, 9.17) is 0 Å². The van der Waals surface area contributed by atoms with E-state index < -0.39 is 0 Å². The van der Waals surface area contributed by atoms with Gasteiger partial charge in [-0.25, -0.2) is 0 Å². The Bertz CT molecular complexity index is 262. The van der Waals surface area contributed by atoms with Crippen LogP contribution in [-0.4, -0.2) is 0 Å². The van der Waals surface area contributed by atoms with Crippen molar-refractivity contribution in [2.75, 3.05) is 0 Å². The smallest absolute Gasteiger partial charge is 0.0166 e. The van der Waals surface area contributed by atoms with Crippen LogP contribution in [0.25, 0.3) is 0 Å². The molecule has 0 fully saturated rings. The SMILES string of the molecule is [C]1=CC=CC=CC=CCC=CCCC1. The van der Waals surface area contributed by atoms with E-state index >= 15 is 0 Å². The molecule has 0 atom stereocenters. The maximum absolute atomic E-state index is 3.24. The minimum atomic E-state index is 1.04. The quantitative estimate of drug-likeness (QED) is 0.497. The summed E-state index contributed by atoms with van der Waals surface area (Å²) in [4.78, 5) is 0. The highest BCUT2D eigenvalue weighted by molar-refractivity contribution is 5.15. The molecular weight excluding hydrogens is 168 g/mol. The topological polar surface area (TPSA) is 0 Å². The molecule has 0 heterocycles. The molecule has 1 aliphatic rings. The van der Waals surface area contributed by atoms with Gasteiger partial charge in [0.05, 0.1) is 0 Å². The molecule has 1 rings (SSSR count). The summed E-state index contributed by atoms with van der Waals surface area (Å²) in [5.74, 6) is 0. The van der Waals surface area contributed by atoms with E-state index in [1.807, 2.05) is 30.4 Å². The lowest BCUT2D eigenvalue weighted by Gasteiger charge is -1.89. The molecule has 0 amide bonds. The summed E-state index contributed by atoms with van der Waals surface area (Å²) in [5.41, 5.74) is 0. The average Bonchev–Trinajstić information content (AvgIpc) is 2.22. The number of hydrogen-bond acceptors (Lipinski definition) is 0. The Hall–Kier alpha value is -1.30. The Balaban J connectivity index is 2.46. The molecule has 0 saturated heterocycles. The molecule has 0 N–H and O–H groups in total. The third-order valence-electron chi connectivity index (χ3n) is 1.93. The molecule has 0 aliphatic heterocycles. The van der Waals surface area contributed by atoms with Gasteiger partial charge in [0.1, 0.15) is 0 Å². The van der Waals surface area contributed by atoms with Crippen molar-refractivity contribution in [3.8, 4) is 0 Å². The van der Waals surface area contributed by atoms with Gasteiger partial charge in [-0.1, -0.05) is 54.7 Å². The third kappa shape index (κ3) is 6.24. The summed E-state index contributed by atoms with van der Waals surface area (Å²) < 4.78 is 0. The first-order valence-electron chi connectivity index (χ1n) is 5.20. The van der Waals surface area contributed by atoms with Gasteiger partial charge in [0.25, 0.3) is 0 Å². The molecule has 0 aromatic carbocycles. The van der Waals surface area contributed by atoms with Crippen molar-refractivity contribution in [1.82, 2.24) is 0 Å². The van der Waals surface area contributed by atoms with Crippen LogP contribution in [0, 0.1) is 6.08 Å². The number of allylic oxidation sites excluding steroid dienone is 10. The molecule has 0 saturated carbocycles. The van der Waals surface area contributed by atoms with Crippen molar-refractivity contribution < 1.29 is 0 Å². The van der Waals surface area contributed by atoms with Crippen LogP contribution < -0.4 is 0 Å². The third-order valence-corrected chi connectivity index (χ3v) is 1.93. The molecule has 0 aromatic rings. The van der Waals surface area contributed by atoms with E-state index in [1.165, 1.54) is 6.42 Å². The highest BCUT2D eigenvalue weighted by Crippen LogP contribution is 1.99. The normalized spacial score (nSPS) is 18.3. The largest absolute Gasteiger partial charge is 0.0882 e. The van der Waals surface area contributed by atoms with Gasteiger partial charge in [-0.15, -0.1) is 0 Å². The summed E-state index contributed by atoms with van der Waals surface area (Å²) in [6.07, 6.45) is 26.5. The van der Waals surface area contributed by atoms with Gasteiger partial charge in [-0.2, -0.15) is 0 Å². The van der Waals surface area contributed by atoms with Crippen molar-refractivity contribution in [3.05, 3.63) is 60.8 Å². The van der Waals surface area contributed by atoms with Crippen LogP contribution in [0.3, 0.4) is 0 Å². The van der Waals surface area contributed by atoms with Crippen LogP contribution in [0.4, 0.5) is 0 Å². The van der Waals surface area contributed by atoms with Gasteiger partial charge in [0, 0.05) is 0 Å². The van der Waals surface area contributed by atoms with Gasteiger partial charge in [0.2, 0.25) is 0 Å². The van der Waals surface area contributed by atoms with Crippen molar-refractivity contribution in [2.45, 2.75) is 25.7 Å². The number of rotatable bonds is 0. The second-order valence-corrected chi connectivity index (χ2v) is 3.17. The predicted molar refractivity (Wildman–Crippen MR) is 62.8 cm³/mol. The van der Waals surface area contributed by atoms with Crippen molar-refractivity contribution in [1.29, 1.82) is 0 Å². The summed E-state index contributed by atoms with van der Waals surface area (Å²) in [6, 6.07) is 0. The lowest BCUT2D eigenvalue weighted by Crippen LogP contribution is -1.70. The first-order valence-corrected chi connectivity index (χ1v) is 5.20. The molecule has 0 unspecified atom stereocenters. The molecule has 1 radical (unpaired) electrons. The van der Waals surface area contributed by atoms with E-state index in [0.29, 0.717) is 0 Å². The lowest BCUT2D eigenvalue weighted by atomic mass is 10.2. The zero-order valence-corrected chi connectivity index (χ0v) is 8.52. The maximum atomic E-state index is 3.24. The zero-order chi connectivity index (χ0) is 9.90. The Morgan fingerprint density at radius 2 is 1.64 bits per heavy atom. The van der Waals surface area contributed by atoms with Crippen LogP contribution in [0.2, 0.25) is 0 Å². The Morgan fingerprint density at radius 1 is 0.786 bits per heavy atom. The number of hydrogen-bond donors (Lipinski definition) is 0. The molecule has 14 heavy (non-hydrogen) atoms. The molecule has 0 spiro atoms. The van der Waals surface area contributed by atoms with E-state index in [2.05, 4.69) is 30.4 Å². The van der Waals surface area contributed by atoms with Crippen LogP contribution in [0.5, 0.6) is 0 Å². The highest BCUT2D eigenvalue weighted by Gasteiger charge is 1.80. The van der Waals surface area contributed by atoms with Crippen molar-refractivity contribution in [3.63, 3.8) is 0 Å². The van der Waals surface area contributed by atoms with Crippen LogP contribution in [-0.2, 0) is 0 Å². The summed E-state index contributed by atoms with van der Waals surface area (Å²) >= 11 is 0. The van der Waals surface area contributed by atoms with E-state index in [1.54, 1.807) is 0 Å². The predicted octanol–water partition coefficient (Wildman–Crippen LogP) is 4.14. The summed E-state index contributed by atoms with van der Waals surface area (Å²) in [6.45, 7) is 0. The van der Waals surface area contributed by atoms with Crippen LogP contribution >= 0.6 is 0 Å². The summed E-state index contributed by atoms with van der Waals surface area (Å²) in [7, 11) is 0. The molecule has 0 aromatic heterocycles. The molecule has 1 aliphatic carbocycles. The minimum Gasteiger partial charge on any atom is -0.0882 e. The first kappa shape index (κ1) is 10.8. The van der Waals surface area contributed by atoms with Gasteiger partial charge >= 0.3 is 0 Å². The average molecular weight is 185 g/mol. The van der Waals surface area contributed by atoms with Crippen LogP contribution in [0.15, 0.2) is 54.7 Å². The van der Waals surface area contributed by atoms with Gasteiger partial charge < -0.3 is 0 Å². The van der Waals surface area contributed by atoms with Crippen molar-refractivity contribution in [2.24, 2.45) is 0 Å². The first-order chi connectivity index (χ1) is 7.00. The minimum absolute atomic E-state index is 1.04. The van der Waals surface area contributed by atoms with Crippen molar-refractivity contribution >= 4 is 0 Å². The molecule has 0 nitrogen and oxygen atoms in total. The molecule has 73 valence electrons. The van der Waals surface area contributed by atoms with Gasteiger partial charge in [-0.3, -0.25) is 0 Å². The van der Waals surface area contributed by atoms with Crippen LogP contribution in [0.1, 0.15) is 25.7 Å². The molecular formula is C14H17. The standard InChI is InChI=1S/C14H17/c1-2-4-6-8-10-12-14-13-11-9-7-5-3-1/h1-7,10,12H,8,11,13-14H2. The van der Waals surface area contributed by atoms with E-state index in [0.717, 1.165) is 19.3 Å².